The van der Waals surface area contributed by atoms with Crippen molar-refractivity contribution in [3.63, 3.8) is 0 Å². The molecule has 23 heavy (non-hydrogen) atoms. The molecule has 0 radical (unpaired) electrons. The van der Waals surface area contributed by atoms with Gasteiger partial charge >= 0.3 is 5.97 Å². The van der Waals surface area contributed by atoms with Gasteiger partial charge in [-0.2, -0.15) is 0 Å². The molecule has 0 aromatic heterocycles. The van der Waals surface area contributed by atoms with E-state index >= 15 is 0 Å². The third kappa shape index (κ3) is 4.22. The first kappa shape index (κ1) is 17.3. The van der Waals surface area contributed by atoms with Crippen molar-refractivity contribution in [2.75, 3.05) is 18.4 Å². The minimum atomic E-state index is -1.16. The number of hydrogen-bond donors (Lipinski definition) is 2. The lowest BCUT2D eigenvalue weighted by Gasteiger charge is -2.18. The topological polar surface area (TPSA) is 86.7 Å². The zero-order chi connectivity index (χ0) is 17.1. The maximum Gasteiger partial charge on any atom is 0.337 e. The summed E-state index contributed by atoms with van der Waals surface area (Å²) in [5, 5.41) is 11.8. The van der Waals surface area contributed by atoms with Crippen LogP contribution in [0.3, 0.4) is 0 Å². The van der Waals surface area contributed by atoms with Crippen molar-refractivity contribution >= 4 is 35.1 Å². The Balaban J connectivity index is 2.04. The second-order valence-electron chi connectivity index (χ2n) is 6.08. The molecular weight excluding hydrogens is 320 g/mol. The number of nitrogens with zero attached hydrogens (tertiary/aromatic N) is 1. The number of carboxylic acid groups (broad SMARTS) is 1. The normalized spacial score (nSPS) is 17.7. The average Bonchev–Trinajstić information content (AvgIpc) is 2.81. The van der Waals surface area contributed by atoms with E-state index in [1.54, 1.807) is 4.90 Å². The molecule has 1 aromatic rings. The van der Waals surface area contributed by atoms with E-state index < -0.39 is 11.9 Å². The third-order valence-corrected chi connectivity index (χ3v) is 3.96. The highest BCUT2D eigenvalue weighted by molar-refractivity contribution is 6.33. The summed E-state index contributed by atoms with van der Waals surface area (Å²) < 4.78 is 0. The summed E-state index contributed by atoms with van der Waals surface area (Å²) in [6, 6.07) is 4.27. The number of nitrogens with one attached hydrogen (secondary N) is 1. The number of carbonyl (C=O) groups is 3. The first-order valence-corrected chi connectivity index (χ1v) is 7.77. The fourth-order valence-corrected chi connectivity index (χ4v) is 2.77. The van der Waals surface area contributed by atoms with Gasteiger partial charge in [0.1, 0.15) is 0 Å². The predicted octanol–water partition coefficient (Wildman–Crippen LogP) is 2.48. The molecule has 0 bridgehead atoms. The van der Waals surface area contributed by atoms with Gasteiger partial charge in [0, 0.05) is 25.2 Å². The maximum absolute atomic E-state index is 12.3. The van der Waals surface area contributed by atoms with Gasteiger partial charge in [0.25, 0.3) is 0 Å². The van der Waals surface area contributed by atoms with E-state index in [-0.39, 0.29) is 28.8 Å². The lowest BCUT2D eigenvalue weighted by atomic mass is 10.1. The summed E-state index contributed by atoms with van der Waals surface area (Å²) in [6.07, 6.45) is 0.179. The van der Waals surface area contributed by atoms with Crippen LogP contribution >= 0.6 is 11.6 Å². The molecule has 1 aliphatic heterocycles. The summed E-state index contributed by atoms with van der Waals surface area (Å²) in [5.41, 5.74) is 0.278. The number of halogens is 1. The Kier molecular flexibility index (Phi) is 5.26. The molecule has 1 aromatic carbocycles. The molecule has 2 amide bonds. The largest absolute Gasteiger partial charge is 0.478 e. The van der Waals surface area contributed by atoms with Crippen molar-refractivity contribution in [2.45, 2.75) is 20.3 Å². The lowest BCUT2D eigenvalue weighted by molar-refractivity contribution is -0.128. The van der Waals surface area contributed by atoms with E-state index in [2.05, 4.69) is 5.32 Å². The van der Waals surface area contributed by atoms with Crippen molar-refractivity contribution < 1.29 is 19.5 Å². The molecule has 0 spiro atoms. The van der Waals surface area contributed by atoms with Crippen LogP contribution in [0.2, 0.25) is 5.02 Å². The van der Waals surface area contributed by atoms with Crippen LogP contribution < -0.4 is 5.32 Å². The van der Waals surface area contributed by atoms with Gasteiger partial charge in [0.05, 0.1) is 16.5 Å². The van der Waals surface area contributed by atoms with E-state index in [9.17, 15) is 14.4 Å². The number of carbonyl (C=O) groups excluding carboxylic acids is 2. The molecule has 124 valence electrons. The number of anilines is 1. The monoisotopic (exact) mass is 338 g/mol. The smallest absolute Gasteiger partial charge is 0.337 e. The average molecular weight is 339 g/mol. The molecule has 1 fully saturated rings. The zero-order valence-electron chi connectivity index (χ0n) is 13.0. The lowest BCUT2D eigenvalue weighted by Crippen LogP contribution is -2.31. The van der Waals surface area contributed by atoms with Crippen molar-refractivity contribution in [1.29, 1.82) is 0 Å². The Morgan fingerprint density at radius 1 is 1.43 bits per heavy atom. The first-order chi connectivity index (χ1) is 10.8. The Hall–Kier alpha value is -2.08. The van der Waals surface area contributed by atoms with Crippen molar-refractivity contribution in [3.8, 4) is 0 Å². The summed E-state index contributed by atoms with van der Waals surface area (Å²) in [4.78, 5) is 37.0. The highest BCUT2D eigenvalue weighted by Gasteiger charge is 2.34. The molecule has 0 aliphatic carbocycles. The fraction of sp³-hybridized carbons (Fsp3) is 0.438. The van der Waals surface area contributed by atoms with Crippen LogP contribution in [0.25, 0.3) is 0 Å². The van der Waals surface area contributed by atoms with Gasteiger partial charge in [0.15, 0.2) is 0 Å². The van der Waals surface area contributed by atoms with Gasteiger partial charge in [-0.3, -0.25) is 9.59 Å². The van der Waals surface area contributed by atoms with Crippen molar-refractivity contribution in [3.05, 3.63) is 28.8 Å². The fourth-order valence-electron chi connectivity index (χ4n) is 2.58. The Bertz CT molecular complexity index is 645. The first-order valence-electron chi connectivity index (χ1n) is 7.39. The van der Waals surface area contributed by atoms with Gasteiger partial charge in [-0.1, -0.05) is 25.4 Å². The van der Waals surface area contributed by atoms with Crippen LogP contribution in [-0.4, -0.2) is 40.9 Å². The number of rotatable bonds is 5. The number of amides is 2. The molecule has 0 saturated carbocycles. The molecule has 1 saturated heterocycles. The van der Waals surface area contributed by atoms with Crippen LogP contribution in [0.1, 0.15) is 30.6 Å². The van der Waals surface area contributed by atoms with Crippen LogP contribution in [-0.2, 0) is 9.59 Å². The summed E-state index contributed by atoms with van der Waals surface area (Å²) in [7, 11) is 0. The van der Waals surface area contributed by atoms with Gasteiger partial charge < -0.3 is 15.3 Å². The number of carboxylic acids is 1. The molecule has 1 heterocycles. The van der Waals surface area contributed by atoms with Gasteiger partial charge in [-0.05, 0) is 24.1 Å². The number of hydrogen-bond acceptors (Lipinski definition) is 3. The Labute approximate surface area is 139 Å². The molecule has 1 atom stereocenters. The number of benzene rings is 1. The van der Waals surface area contributed by atoms with Crippen molar-refractivity contribution in [2.24, 2.45) is 11.8 Å². The van der Waals surface area contributed by atoms with Crippen LogP contribution in [0, 0.1) is 11.8 Å². The van der Waals surface area contributed by atoms with E-state index in [1.165, 1.54) is 18.2 Å². The van der Waals surface area contributed by atoms with E-state index in [1.807, 2.05) is 13.8 Å². The summed E-state index contributed by atoms with van der Waals surface area (Å²) in [5.74, 6) is -1.56. The molecule has 2 rings (SSSR count). The minimum Gasteiger partial charge on any atom is -0.478 e. The predicted molar refractivity (Wildman–Crippen MR) is 86.6 cm³/mol. The Morgan fingerprint density at radius 2 is 2.13 bits per heavy atom. The van der Waals surface area contributed by atoms with Gasteiger partial charge in [-0.15, -0.1) is 0 Å². The molecule has 1 unspecified atom stereocenters. The highest BCUT2D eigenvalue weighted by atomic mass is 35.5. The maximum atomic E-state index is 12.3. The molecule has 2 N–H and O–H groups in total. The SMILES string of the molecule is CC(C)CN1CC(C(=O)Nc2ccc(Cl)c(C(=O)O)c2)CC1=O. The van der Waals surface area contributed by atoms with E-state index in [4.69, 9.17) is 16.7 Å². The highest BCUT2D eigenvalue weighted by Crippen LogP contribution is 2.23. The van der Waals surface area contributed by atoms with E-state index in [0.29, 0.717) is 24.7 Å². The zero-order valence-corrected chi connectivity index (χ0v) is 13.8. The minimum absolute atomic E-state index is 0.0267. The Morgan fingerprint density at radius 3 is 2.74 bits per heavy atom. The number of likely N-dealkylation sites (tertiary alicyclic amines) is 1. The summed E-state index contributed by atoms with van der Waals surface area (Å²) in [6.45, 7) is 5.05. The second kappa shape index (κ2) is 7.00. The van der Waals surface area contributed by atoms with Crippen molar-refractivity contribution in [1.82, 2.24) is 4.90 Å². The van der Waals surface area contributed by atoms with Gasteiger partial charge in [0.2, 0.25) is 11.8 Å². The molecule has 7 heteroatoms. The standard InChI is InChI=1S/C16H19ClN2O4/c1-9(2)7-19-8-10(5-14(19)20)15(21)18-11-3-4-13(17)12(6-11)16(22)23/h3-4,6,9-10H,5,7-8H2,1-2H3,(H,18,21)(H,22,23). The van der Waals surface area contributed by atoms with E-state index in [0.717, 1.165) is 0 Å². The summed E-state index contributed by atoms with van der Waals surface area (Å²) >= 11 is 5.80. The molecule has 6 nitrogen and oxygen atoms in total. The molecule has 1 aliphatic rings. The quantitative estimate of drug-likeness (QED) is 0.863. The van der Waals surface area contributed by atoms with Crippen LogP contribution in [0.15, 0.2) is 18.2 Å². The van der Waals surface area contributed by atoms with Crippen LogP contribution in [0.5, 0.6) is 0 Å². The number of aromatic carboxylic acids is 1. The third-order valence-electron chi connectivity index (χ3n) is 3.64. The second-order valence-corrected chi connectivity index (χ2v) is 6.49. The molecular formula is C16H19ClN2O4. The van der Waals surface area contributed by atoms with Gasteiger partial charge in [-0.25, -0.2) is 4.79 Å². The van der Waals surface area contributed by atoms with Crippen LogP contribution in [0.4, 0.5) is 5.69 Å².